The van der Waals surface area contributed by atoms with Crippen LogP contribution in [-0.4, -0.2) is 53.7 Å². The molecule has 36 heavy (non-hydrogen) atoms. The van der Waals surface area contributed by atoms with Crippen LogP contribution in [0.4, 0.5) is 19.0 Å². The summed E-state index contributed by atoms with van der Waals surface area (Å²) in [4.78, 5) is 16.2. The first-order chi connectivity index (χ1) is 17.2. The van der Waals surface area contributed by atoms with Crippen LogP contribution in [0.1, 0.15) is 31.7 Å². The van der Waals surface area contributed by atoms with Crippen LogP contribution in [0.5, 0.6) is 5.88 Å². The average Bonchev–Trinajstić information content (AvgIpc) is 3.44. The van der Waals surface area contributed by atoms with Gasteiger partial charge in [-0.15, -0.1) is 5.10 Å². The molecule has 4 aromatic heterocycles. The van der Waals surface area contributed by atoms with E-state index in [-0.39, 0.29) is 18.0 Å². The molecule has 4 heterocycles. The van der Waals surface area contributed by atoms with Gasteiger partial charge in [-0.1, -0.05) is 0 Å². The number of halogens is 3. The fourth-order valence-corrected chi connectivity index (χ4v) is 4.56. The van der Waals surface area contributed by atoms with Crippen LogP contribution >= 0.6 is 0 Å². The van der Waals surface area contributed by atoms with Crippen molar-refractivity contribution in [3.8, 4) is 17.1 Å². The third-order valence-electron chi connectivity index (χ3n) is 6.27. The molecule has 0 bridgehead atoms. The van der Waals surface area contributed by atoms with Crippen molar-refractivity contribution < 1.29 is 17.9 Å². The van der Waals surface area contributed by atoms with Gasteiger partial charge in [0.2, 0.25) is 5.88 Å². The quantitative estimate of drug-likeness (QED) is 0.430. The number of aryl methyl sites for hydroxylation is 1. The monoisotopic (exact) mass is 502 g/mol. The predicted molar refractivity (Wildman–Crippen MR) is 126 cm³/mol. The summed E-state index contributed by atoms with van der Waals surface area (Å²) in [5.74, 6) is 0.744. The van der Waals surface area contributed by atoms with Crippen molar-refractivity contribution in [1.82, 2.24) is 34.3 Å². The van der Waals surface area contributed by atoms with E-state index in [0.717, 1.165) is 46.9 Å². The average molecular weight is 503 g/mol. The van der Waals surface area contributed by atoms with E-state index in [1.807, 2.05) is 37.2 Å². The molecule has 0 amide bonds. The highest BCUT2D eigenvalue weighted by molar-refractivity contribution is 5.93. The van der Waals surface area contributed by atoms with Gasteiger partial charge in [0.05, 0.1) is 17.8 Å². The maximum absolute atomic E-state index is 12.7. The number of hydrogen-bond acceptors (Lipinski definition) is 7. The van der Waals surface area contributed by atoms with Gasteiger partial charge >= 0.3 is 6.18 Å². The van der Waals surface area contributed by atoms with Crippen LogP contribution in [0.25, 0.3) is 22.2 Å². The van der Waals surface area contributed by atoms with E-state index in [4.69, 9.17) is 9.84 Å². The predicted octanol–water partition coefficient (Wildman–Crippen LogP) is 3.56. The third kappa shape index (κ3) is 4.90. The molecule has 4 aromatic rings. The Bertz CT molecular complexity index is 1430. The van der Waals surface area contributed by atoms with Gasteiger partial charge in [0.1, 0.15) is 24.2 Å². The lowest BCUT2D eigenvalue weighted by atomic mass is 9.93. The summed E-state index contributed by atoms with van der Waals surface area (Å²) < 4.78 is 48.2. The van der Waals surface area contributed by atoms with E-state index in [1.165, 1.54) is 6.07 Å². The number of aromatic nitrogens is 7. The molecule has 0 spiro atoms. The summed E-state index contributed by atoms with van der Waals surface area (Å²) in [6.07, 6.45) is 3.57. The second kappa shape index (κ2) is 9.28. The number of rotatable bonds is 6. The van der Waals surface area contributed by atoms with Gasteiger partial charge in [-0.25, -0.2) is 9.67 Å². The van der Waals surface area contributed by atoms with Crippen molar-refractivity contribution in [2.45, 2.75) is 50.6 Å². The molecular formula is C23H25F3N8O2. The van der Waals surface area contributed by atoms with Crippen LogP contribution in [0.15, 0.2) is 41.6 Å². The smallest absolute Gasteiger partial charge is 0.408 e. The van der Waals surface area contributed by atoms with Crippen molar-refractivity contribution in [2.24, 2.45) is 7.05 Å². The summed E-state index contributed by atoms with van der Waals surface area (Å²) in [7, 11) is 3.66. The molecule has 0 aromatic carbocycles. The molecule has 0 unspecified atom stereocenters. The fourth-order valence-electron chi connectivity index (χ4n) is 4.56. The van der Waals surface area contributed by atoms with E-state index in [2.05, 4.69) is 20.5 Å². The van der Waals surface area contributed by atoms with Crippen molar-refractivity contribution >= 4 is 16.7 Å². The molecule has 0 saturated heterocycles. The Morgan fingerprint density at radius 1 is 1.14 bits per heavy atom. The summed E-state index contributed by atoms with van der Waals surface area (Å²) in [5, 5.41) is 16.9. The van der Waals surface area contributed by atoms with Gasteiger partial charge in [-0.3, -0.25) is 14.2 Å². The summed E-state index contributed by atoms with van der Waals surface area (Å²) in [5.41, 5.74) is 1.84. The molecule has 1 N–H and O–H groups in total. The maximum atomic E-state index is 12.7. The third-order valence-corrected chi connectivity index (χ3v) is 6.27. The Hall–Kier alpha value is -3.90. The number of fused-ring (bicyclic) bond motifs is 1. The summed E-state index contributed by atoms with van der Waals surface area (Å²) >= 11 is 0. The zero-order valence-corrected chi connectivity index (χ0v) is 19.7. The molecule has 1 aliphatic carbocycles. The normalized spacial score (nSPS) is 18.5. The number of anilines is 1. The Morgan fingerprint density at radius 3 is 2.58 bits per heavy atom. The van der Waals surface area contributed by atoms with Gasteiger partial charge in [-0.2, -0.15) is 23.4 Å². The number of hydrogen-bond donors (Lipinski definition) is 1. The van der Waals surface area contributed by atoms with Gasteiger partial charge in [0, 0.05) is 55.6 Å². The summed E-state index contributed by atoms with van der Waals surface area (Å²) in [6.45, 7) is -1.45. The largest absolute Gasteiger partial charge is 0.473 e. The zero-order chi connectivity index (χ0) is 25.4. The van der Waals surface area contributed by atoms with E-state index in [1.54, 1.807) is 10.9 Å². The Morgan fingerprint density at radius 2 is 1.92 bits per heavy atom. The van der Waals surface area contributed by atoms with Crippen LogP contribution < -0.4 is 15.6 Å². The highest BCUT2D eigenvalue weighted by atomic mass is 19.4. The van der Waals surface area contributed by atoms with Crippen molar-refractivity contribution in [3.63, 3.8) is 0 Å². The first kappa shape index (κ1) is 23.8. The molecule has 190 valence electrons. The molecule has 13 heteroatoms. The van der Waals surface area contributed by atoms with Crippen LogP contribution in [0, 0.1) is 0 Å². The fraction of sp³-hybridized carbons (Fsp3) is 0.435. The van der Waals surface area contributed by atoms with Gasteiger partial charge < -0.3 is 10.1 Å². The van der Waals surface area contributed by atoms with Crippen LogP contribution in [0.2, 0.25) is 0 Å². The number of nitrogens with zero attached hydrogens (tertiary/aromatic N) is 7. The van der Waals surface area contributed by atoms with E-state index in [0.29, 0.717) is 17.5 Å². The van der Waals surface area contributed by atoms with Crippen LogP contribution in [0.3, 0.4) is 0 Å². The van der Waals surface area contributed by atoms with E-state index < -0.39 is 18.3 Å². The lowest BCUT2D eigenvalue weighted by Gasteiger charge is -2.29. The lowest BCUT2D eigenvalue weighted by molar-refractivity contribution is -0.143. The molecule has 10 nitrogen and oxygen atoms in total. The number of ether oxygens (including phenoxy) is 1. The Labute approximate surface area is 203 Å². The molecular weight excluding hydrogens is 477 g/mol. The standard InChI is InChI=1S/C23H25F3N8O2/c1-27-19-9-18-17(11-28-19)22(14-10-29-32(2)12-14)31-34(18)15-3-5-16(6-4-15)36-20-7-8-21(35)33(30-20)13-23(24,25)26/h7-12,15-16H,3-6,13H2,1-2H3,(H,27,28). The van der Waals surface area contributed by atoms with Crippen LogP contribution in [-0.2, 0) is 13.6 Å². The highest BCUT2D eigenvalue weighted by Gasteiger charge is 2.30. The minimum absolute atomic E-state index is 0.00967. The van der Waals surface area contributed by atoms with Crippen molar-refractivity contribution in [3.05, 3.63) is 47.1 Å². The first-order valence-electron chi connectivity index (χ1n) is 11.6. The van der Waals surface area contributed by atoms with E-state index in [9.17, 15) is 18.0 Å². The molecule has 0 aliphatic heterocycles. The molecule has 5 rings (SSSR count). The minimum Gasteiger partial charge on any atom is -0.473 e. The molecule has 0 atom stereocenters. The Kier molecular flexibility index (Phi) is 6.14. The minimum atomic E-state index is -4.54. The lowest BCUT2D eigenvalue weighted by Crippen LogP contribution is -2.31. The number of pyridine rings is 1. The molecule has 1 aliphatic rings. The van der Waals surface area contributed by atoms with Gasteiger partial charge in [0.25, 0.3) is 5.56 Å². The van der Waals surface area contributed by atoms with Crippen molar-refractivity contribution in [2.75, 3.05) is 12.4 Å². The molecule has 1 saturated carbocycles. The topological polar surface area (TPSA) is 105 Å². The maximum Gasteiger partial charge on any atom is 0.408 e. The van der Waals surface area contributed by atoms with Gasteiger partial charge in [-0.05, 0) is 25.7 Å². The zero-order valence-electron chi connectivity index (χ0n) is 19.7. The summed E-state index contributed by atoms with van der Waals surface area (Å²) in [6, 6.07) is 4.44. The van der Waals surface area contributed by atoms with E-state index >= 15 is 0 Å². The molecule has 0 radical (unpaired) electrons. The SMILES string of the molecule is CNc1cc2c(cn1)c(-c1cnn(C)c1)nn2C1CCC(Oc2ccc(=O)n(CC(F)(F)F)n2)CC1. The number of nitrogens with one attached hydrogen (secondary N) is 1. The highest BCUT2D eigenvalue weighted by Crippen LogP contribution is 2.36. The molecule has 1 fully saturated rings. The first-order valence-corrected chi connectivity index (χ1v) is 11.6. The second-order valence-corrected chi connectivity index (χ2v) is 8.86. The van der Waals surface area contributed by atoms with Crippen molar-refractivity contribution in [1.29, 1.82) is 0 Å². The second-order valence-electron chi connectivity index (χ2n) is 8.86. The number of alkyl halides is 3. The van der Waals surface area contributed by atoms with Gasteiger partial charge in [0.15, 0.2) is 0 Å². The Balaban J connectivity index is 1.34.